The molecule has 21 heavy (non-hydrogen) atoms. The van der Waals surface area contributed by atoms with Gasteiger partial charge in [0.15, 0.2) is 0 Å². The van der Waals surface area contributed by atoms with Crippen molar-refractivity contribution in [1.29, 1.82) is 0 Å². The van der Waals surface area contributed by atoms with Gasteiger partial charge in [-0.3, -0.25) is 4.79 Å². The van der Waals surface area contributed by atoms with Crippen molar-refractivity contribution >= 4 is 5.97 Å². The highest BCUT2D eigenvalue weighted by Crippen LogP contribution is 2.16. The molecule has 0 rings (SSSR count). The lowest BCUT2D eigenvalue weighted by Crippen LogP contribution is -2.03. The van der Waals surface area contributed by atoms with Crippen LogP contribution < -0.4 is 0 Å². The van der Waals surface area contributed by atoms with E-state index in [0.29, 0.717) is 12.3 Å². The van der Waals surface area contributed by atoms with Crippen LogP contribution in [0.3, 0.4) is 0 Å². The molecular weight excluding hydrogens is 260 g/mol. The Hall–Kier alpha value is -0.530. The molecule has 0 bridgehead atoms. The molecule has 0 heterocycles. The molecular formula is C19H38O2. The summed E-state index contributed by atoms with van der Waals surface area (Å²) < 4.78 is 0. The van der Waals surface area contributed by atoms with E-state index >= 15 is 0 Å². The van der Waals surface area contributed by atoms with Crippen LogP contribution in [-0.4, -0.2) is 11.1 Å². The van der Waals surface area contributed by atoms with Crippen molar-refractivity contribution in [1.82, 2.24) is 0 Å². The number of rotatable bonds is 16. The van der Waals surface area contributed by atoms with Crippen LogP contribution in [0.1, 0.15) is 110 Å². The average molecular weight is 299 g/mol. The highest BCUT2D eigenvalue weighted by atomic mass is 16.4. The van der Waals surface area contributed by atoms with Crippen LogP contribution in [0.4, 0.5) is 0 Å². The van der Waals surface area contributed by atoms with Crippen molar-refractivity contribution < 1.29 is 9.90 Å². The van der Waals surface area contributed by atoms with Crippen LogP contribution in [0.2, 0.25) is 0 Å². The van der Waals surface area contributed by atoms with E-state index in [2.05, 4.69) is 13.8 Å². The second kappa shape index (κ2) is 15.9. The summed E-state index contributed by atoms with van der Waals surface area (Å²) in [5, 5.41) is 8.69. The average Bonchev–Trinajstić information content (AvgIpc) is 2.43. The Morgan fingerprint density at radius 2 is 1.14 bits per heavy atom. The van der Waals surface area contributed by atoms with Gasteiger partial charge in [0.05, 0.1) is 0 Å². The van der Waals surface area contributed by atoms with Gasteiger partial charge in [-0.25, -0.2) is 0 Å². The minimum absolute atomic E-state index is 0.332. The van der Waals surface area contributed by atoms with Crippen molar-refractivity contribution in [2.24, 2.45) is 5.92 Å². The molecule has 0 radical (unpaired) electrons. The predicted molar refractivity (Wildman–Crippen MR) is 91.7 cm³/mol. The predicted octanol–water partition coefficient (Wildman–Crippen LogP) is 6.58. The molecule has 0 aromatic heterocycles. The van der Waals surface area contributed by atoms with E-state index in [9.17, 15) is 4.79 Å². The minimum Gasteiger partial charge on any atom is -0.481 e. The number of aliphatic carboxylic acids is 1. The van der Waals surface area contributed by atoms with Gasteiger partial charge >= 0.3 is 5.97 Å². The van der Waals surface area contributed by atoms with Crippen LogP contribution in [0.15, 0.2) is 0 Å². The molecule has 1 unspecified atom stereocenters. The van der Waals surface area contributed by atoms with Crippen molar-refractivity contribution in [3.63, 3.8) is 0 Å². The highest BCUT2D eigenvalue weighted by Gasteiger charge is 2.06. The zero-order valence-electron chi connectivity index (χ0n) is 14.5. The lowest BCUT2D eigenvalue weighted by Gasteiger charge is -2.07. The van der Waals surface area contributed by atoms with E-state index in [1.165, 1.54) is 83.5 Å². The summed E-state index contributed by atoms with van der Waals surface area (Å²) in [6.45, 7) is 4.32. The number of unbranched alkanes of at least 4 members (excludes halogenated alkanes) is 12. The summed E-state index contributed by atoms with van der Waals surface area (Å²) in [6.07, 6.45) is 19.3. The maximum Gasteiger partial charge on any atom is 0.303 e. The van der Waals surface area contributed by atoms with E-state index in [0.717, 1.165) is 6.42 Å². The zero-order chi connectivity index (χ0) is 15.8. The molecule has 2 heteroatoms. The summed E-state index contributed by atoms with van der Waals surface area (Å²) in [6, 6.07) is 0. The smallest absolute Gasteiger partial charge is 0.303 e. The Morgan fingerprint density at radius 3 is 1.52 bits per heavy atom. The lowest BCUT2D eigenvalue weighted by atomic mass is 9.99. The van der Waals surface area contributed by atoms with Gasteiger partial charge in [0, 0.05) is 6.42 Å². The molecule has 2 nitrogen and oxygen atoms in total. The Kier molecular flexibility index (Phi) is 15.5. The number of carboxylic acids is 1. The first-order chi connectivity index (χ1) is 10.2. The van der Waals surface area contributed by atoms with Gasteiger partial charge in [-0.15, -0.1) is 0 Å². The largest absolute Gasteiger partial charge is 0.481 e. The summed E-state index contributed by atoms with van der Waals surface area (Å²) in [4.78, 5) is 10.5. The second-order valence-corrected chi connectivity index (χ2v) is 6.73. The molecule has 0 fully saturated rings. The summed E-state index contributed by atoms with van der Waals surface area (Å²) in [5.74, 6) is -0.313. The lowest BCUT2D eigenvalue weighted by molar-refractivity contribution is -0.138. The number of carboxylic acid groups (broad SMARTS) is 1. The van der Waals surface area contributed by atoms with Gasteiger partial charge in [-0.1, -0.05) is 104 Å². The van der Waals surface area contributed by atoms with Gasteiger partial charge in [0.25, 0.3) is 0 Å². The van der Waals surface area contributed by atoms with Crippen LogP contribution in [0.25, 0.3) is 0 Å². The molecule has 1 N–H and O–H groups in total. The normalized spacial score (nSPS) is 12.5. The molecule has 1 atom stereocenters. The maximum atomic E-state index is 10.5. The Bertz CT molecular complexity index is 226. The van der Waals surface area contributed by atoms with Crippen molar-refractivity contribution in [2.45, 2.75) is 110 Å². The second-order valence-electron chi connectivity index (χ2n) is 6.73. The number of carbonyl (C=O) groups is 1. The van der Waals surface area contributed by atoms with Gasteiger partial charge in [0.1, 0.15) is 0 Å². The number of hydrogen-bond acceptors (Lipinski definition) is 1. The SMILES string of the molecule is CCCCCCCCCCCCCCCC(C)CC(=O)O. The van der Waals surface area contributed by atoms with E-state index in [1.54, 1.807) is 0 Å². The first-order valence-electron chi connectivity index (χ1n) is 9.38. The quantitative estimate of drug-likeness (QED) is 0.327. The third-order valence-corrected chi connectivity index (χ3v) is 4.32. The fraction of sp³-hybridized carbons (Fsp3) is 0.947. The molecule has 0 aromatic carbocycles. The van der Waals surface area contributed by atoms with E-state index in [4.69, 9.17) is 5.11 Å². The first-order valence-corrected chi connectivity index (χ1v) is 9.38. The fourth-order valence-electron chi connectivity index (χ4n) is 2.91. The summed E-state index contributed by atoms with van der Waals surface area (Å²) in [7, 11) is 0. The molecule has 0 aliphatic rings. The topological polar surface area (TPSA) is 37.3 Å². The number of hydrogen-bond donors (Lipinski definition) is 1. The van der Waals surface area contributed by atoms with Crippen LogP contribution in [-0.2, 0) is 4.79 Å². The minimum atomic E-state index is -0.655. The maximum absolute atomic E-state index is 10.5. The monoisotopic (exact) mass is 298 g/mol. The van der Waals surface area contributed by atoms with Crippen molar-refractivity contribution in [3.8, 4) is 0 Å². The van der Waals surface area contributed by atoms with Crippen LogP contribution in [0.5, 0.6) is 0 Å². The van der Waals surface area contributed by atoms with Gasteiger partial charge < -0.3 is 5.11 Å². The van der Waals surface area contributed by atoms with Crippen LogP contribution in [0, 0.1) is 5.92 Å². The van der Waals surface area contributed by atoms with E-state index in [1.807, 2.05) is 0 Å². The molecule has 0 spiro atoms. The Balaban J connectivity index is 3.07. The zero-order valence-corrected chi connectivity index (χ0v) is 14.5. The van der Waals surface area contributed by atoms with Crippen LogP contribution >= 0.6 is 0 Å². The summed E-state index contributed by atoms with van der Waals surface area (Å²) in [5.41, 5.74) is 0. The summed E-state index contributed by atoms with van der Waals surface area (Å²) >= 11 is 0. The molecule has 0 amide bonds. The van der Waals surface area contributed by atoms with Crippen molar-refractivity contribution in [2.75, 3.05) is 0 Å². The van der Waals surface area contributed by atoms with E-state index < -0.39 is 5.97 Å². The third-order valence-electron chi connectivity index (χ3n) is 4.32. The molecule has 0 aliphatic carbocycles. The Labute approximate surface area is 132 Å². The highest BCUT2D eigenvalue weighted by molar-refractivity contribution is 5.66. The molecule has 0 aromatic rings. The molecule has 0 saturated carbocycles. The molecule has 126 valence electrons. The van der Waals surface area contributed by atoms with E-state index in [-0.39, 0.29) is 0 Å². The van der Waals surface area contributed by atoms with Gasteiger partial charge in [0.2, 0.25) is 0 Å². The molecule has 0 aliphatic heterocycles. The molecule has 0 saturated heterocycles. The third kappa shape index (κ3) is 17.4. The Morgan fingerprint density at radius 1 is 0.762 bits per heavy atom. The van der Waals surface area contributed by atoms with Crippen molar-refractivity contribution in [3.05, 3.63) is 0 Å². The fourth-order valence-corrected chi connectivity index (χ4v) is 2.91. The first kappa shape index (κ1) is 20.5. The standard InChI is InChI=1S/C19H38O2/c1-3-4-5-6-7-8-9-10-11-12-13-14-15-16-18(2)17-19(20)21/h18H,3-17H2,1-2H3,(H,20,21). The van der Waals surface area contributed by atoms with Gasteiger partial charge in [-0.05, 0) is 5.92 Å². The van der Waals surface area contributed by atoms with Gasteiger partial charge in [-0.2, -0.15) is 0 Å².